The molecule has 2 atom stereocenters. The minimum atomic E-state index is -0.680. The summed E-state index contributed by atoms with van der Waals surface area (Å²) in [6.45, 7) is 0.702. The molecule has 0 bridgehead atoms. The number of hydrogen-bond acceptors (Lipinski definition) is 3. The van der Waals surface area contributed by atoms with E-state index >= 15 is 0 Å². The Balaban J connectivity index is 1.62. The molecule has 1 aliphatic heterocycles. The lowest BCUT2D eigenvalue weighted by atomic mass is 9.70. The second-order valence-electron chi connectivity index (χ2n) is 5.76. The van der Waals surface area contributed by atoms with Crippen molar-refractivity contribution in [3.05, 3.63) is 0 Å². The molecule has 1 saturated heterocycles. The van der Waals surface area contributed by atoms with Crippen molar-refractivity contribution in [1.29, 1.82) is 0 Å². The molecule has 0 aromatic heterocycles. The normalized spacial score (nSPS) is 34.4. The zero-order valence-electron chi connectivity index (χ0n) is 9.65. The van der Waals surface area contributed by atoms with Crippen molar-refractivity contribution in [2.45, 2.75) is 56.7 Å². The van der Waals surface area contributed by atoms with Crippen molar-refractivity contribution in [1.82, 2.24) is 0 Å². The molecule has 3 nitrogen and oxygen atoms in total. The van der Waals surface area contributed by atoms with E-state index in [1.54, 1.807) is 0 Å². The van der Waals surface area contributed by atoms with Crippen LogP contribution < -0.4 is 0 Å². The van der Waals surface area contributed by atoms with Gasteiger partial charge in [0, 0.05) is 12.5 Å². The molecule has 3 heteroatoms. The molecule has 1 spiro atoms. The zero-order valence-corrected chi connectivity index (χ0v) is 9.65. The van der Waals surface area contributed by atoms with E-state index in [4.69, 9.17) is 4.74 Å². The van der Waals surface area contributed by atoms with Gasteiger partial charge >= 0.3 is 0 Å². The van der Waals surface area contributed by atoms with Crippen molar-refractivity contribution in [2.75, 3.05) is 6.61 Å². The predicted molar refractivity (Wildman–Crippen MR) is 59.0 cm³/mol. The molecule has 1 heterocycles. The lowest BCUT2D eigenvalue weighted by Gasteiger charge is -2.47. The molecule has 0 aromatic rings. The quantitative estimate of drug-likeness (QED) is 0.793. The Kier molecular flexibility index (Phi) is 2.55. The average Bonchev–Trinajstić information content (AvgIpc) is 3.09. The number of hydrogen-bond donors (Lipinski definition) is 1. The Labute approximate surface area is 96.2 Å². The van der Waals surface area contributed by atoms with E-state index in [0.29, 0.717) is 6.61 Å². The Bertz CT molecular complexity index is 292. The van der Waals surface area contributed by atoms with E-state index in [1.807, 2.05) is 0 Å². The number of carbonyl (C=O) groups is 1. The van der Waals surface area contributed by atoms with Gasteiger partial charge < -0.3 is 9.84 Å². The van der Waals surface area contributed by atoms with Gasteiger partial charge in [0.25, 0.3) is 0 Å². The van der Waals surface area contributed by atoms with Gasteiger partial charge in [-0.15, -0.1) is 0 Å². The van der Waals surface area contributed by atoms with E-state index in [1.165, 1.54) is 6.42 Å². The predicted octanol–water partition coefficient (Wildman–Crippen LogP) is 1.68. The van der Waals surface area contributed by atoms with Gasteiger partial charge in [0.15, 0.2) is 5.78 Å². The van der Waals surface area contributed by atoms with E-state index in [9.17, 15) is 9.90 Å². The van der Waals surface area contributed by atoms with Crippen LogP contribution in [0, 0.1) is 11.8 Å². The molecule has 0 radical (unpaired) electrons. The summed E-state index contributed by atoms with van der Waals surface area (Å²) in [5, 5.41) is 9.88. The molecule has 90 valence electrons. The van der Waals surface area contributed by atoms with Gasteiger partial charge in [-0.3, -0.25) is 4.79 Å². The first kappa shape index (κ1) is 10.7. The largest absolute Gasteiger partial charge is 0.385 e. The number of carbonyl (C=O) groups excluding carboxylic acids is 1. The number of aliphatic hydroxyl groups is 1. The van der Waals surface area contributed by atoms with Gasteiger partial charge in [-0.2, -0.15) is 0 Å². The number of rotatable bonds is 3. The molecule has 3 fully saturated rings. The van der Waals surface area contributed by atoms with Crippen molar-refractivity contribution in [3.63, 3.8) is 0 Å². The van der Waals surface area contributed by atoms with Crippen molar-refractivity contribution in [2.24, 2.45) is 11.8 Å². The Morgan fingerprint density at radius 3 is 2.62 bits per heavy atom. The molecule has 2 aliphatic carbocycles. The van der Waals surface area contributed by atoms with Gasteiger partial charge in [-0.05, 0) is 50.9 Å². The first-order valence-electron chi connectivity index (χ1n) is 6.56. The lowest BCUT2D eigenvalue weighted by Crippen LogP contribution is -2.48. The molecule has 0 amide bonds. The number of Topliss-reactive ketones (excluding diaryl/α,β-unsaturated/α-hetero) is 1. The maximum Gasteiger partial charge on any atom is 0.164 e. The third-order valence-electron chi connectivity index (χ3n) is 4.52. The van der Waals surface area contributed by atoms with Crippen molar-refractivity contribution >= 4 is 5.78 Å². The van der Waals surface area contributed by atoms with Crippen LogP contribution in [-0.2, 0) is 9.53 Å². The summed E-state index contributed by atoms with van der Waals surface area (Å²) in [6, 6.07) is 0. The van der Waals surface area contributed by atoms with Crippen LogP contribution in [0.5, 0.6) is 0 Å². The van der Waals surface area contributed by atoms with Gasteiger partial charge in [0.2, 0.25) is 0 Å². The summed E-state index contributed by atoms with van der Waals surface area (Å²) in [5.41, 5.74) is 0.0157. The minimum Gasteiger partial charge on any atom is -0.385 e. The highest BCUT2D eigenvalue weighted by Gasteiger charge is 2.46. The maximum absolute atomic E-state index is 12.1. The third-order valence-corrected chi connectivity index (χ3v) is 4.52. The van der Waals surface area contributed by atoms with E-state index in [-0.39, 0.29) is 23.2 Å². The topological polar surface area (TPSA) is 46.5 Å². The van der Waals surface area contributed by atoms with Crippen LogP contribution in [-0.4, -0.2) is 29.2 Å². The smallest absolute Gasteiger partial charge is 0.164 e. The summed E-state index contributed by atoms with van der Waals surface area (Å²) in [6.07, 6.45) is 6.49. The fourth-order valence-electron chi connectivity index (χ4n) is 3.08. The van der Waals surface area contributed by atoms with Crippen LogP contribution >= 0.6 is 0 Å². The van der Waals surface area contributed by atoms with Gasteiger partial charge in [0.05, 0.1) is 5.60 Å². The molecule has 0 aromatic carbocycles. The highest BCUT2D eigenvalue weighted by Crippen LogP contribution is 2.45. The number of ketones is 1. The summed E-state index contributed by atoms with van der Waals surface area (Å²) in [4.78, 5) is 12.1. The molecule has 16 heavy (non-hydrogen) atoms. The van der Waals surface area contributed by atoms with Crippen LogP contribution in [0.4, 0.5) is 0 Å². The van der Waals surface area contributed by atoms with Crippen LogP contribution in [0.1, 0.15) is 44.9 Å². The highest BCUT2D eigenvalue weighted by molar-refractivity contribution is 5.86. The van der Waals surface area contributed by atoms with Crippen LogP contribution in [0.2, 0.25) is 0 Å². The minimum absolute atomic E-state index is 0.0157. The van der Waals surface area contributed by atoms with Gasteiger partial charge in [-0.25, -0.2) is 0 Å². The van der Waals surface area contributed by atoms with Gasteiger partial charge in [-0.1, -0.05) is 0 Å². The van der Waals surface area contributed by atoms with Crippen LogP contribution in [0.15, 0.2) is 0 Å². The fourth-order valence-corrected chi connectivity index (χ4v) is 3.08. The molecule has 1 N–H and O–H groups in total. The first-order valence-corrected chi connectivity index (χ1v) is 6.56. The Morgan fingerprint density at radius 2 is 2.06 bits per heavy atom. The number of aliphatic hydroxyl groups excluding tert-OH is 1. The molecule has 2 unspecified atom stereocenters. The van der Waals surface area contributed by atoms with Crippen molar-refractivity contribution < 1.29 is 14.6 Å². The molecular formula is C13H20O3. The van der Waals surface area contributed by atoms with Gasteiger partial charge in [0.1, 0.15) is 6.10 Å². The fraction of sp³-hybridized carbons (Fsp3) is 0.923. The summed E-state index contributed by atoms with van der Waals surface area (Å²) in [5.74, 6) is 0.425. The Hall–Kier alpha value is -0.410. The van der Waals surface area contributed by atoms with E-state index in [2.05, 4.69) is 0 Å². The monoisotopic (exact) mass is 224 g/mol. The molecular weight excluding hydrogens is 204 g/mol. The average molecular weight is 224 g/mol. The second-order valence-corrected chi connectivity index (χ2v) is 5.76. The number of ether oxygens (including phenoxy) is 1. The maximum atomic E-state index is 12.1. The van der Waals surface area contributed by atoms with E-state index in [0.717, 1.165) is 38.5 Å². The van der Waals surface area contributed by atoms with Crippen molar-refractivity contribution in [3.8, 4) is 0 Å². The molecule has 2 saturated carbocycles. The lowest BCUT2D eigenvalue weighted by molar-refractivity contribution is -0.160. The molecule has 3 aliphatic rings. The third kappa shape index (κ3) is 1.80. The Morgan fingerprint density at radius 1 is 1.31 bits per heavy atom. The summed E-state index contributed by atoms with van der Waals surface area (Å²) < 4.78 is 5.80. The first-order chi connectivity index (χ1) is 7.70. The second kappa shape index (κ2) is 3.81. The summed E-state index contributed by atoms with van der Waals surface area (Å²) >= 11 is 0. The standard InChI is InChI=1S/C13H20O3/c14-11(9-2-3-9)12(15)10-4-7-16-13(8-10)5-1-6-13/h9-11,14H,1-8H2. The van der Waals surface area contributed by atoms with E-state index < -0.39 is 6.10 Å². The molecule has 3 rings (SSSR count). The zero-order chi connectivity index (χ0) is 11.2. The summed E-state index contributed by atoms with van der Waals surface area (Å²) in [7, 11) is 0. The SMILES string of the molecule is O=C(C1CCOC2(CCC2)C1)C(O)C1CC1. The van der Waals surface area contributed by atoms with Crippen LogP contribution in [0.25, 0.3) is 0 Å². The highest BCUT2D eigenvalue weighted by atomic mass is 16.5. The van der Waals surface area contributed by atoms with Crippen LogP contribution in [0.3, 0.4) is 0 Å².